The Morgan fingerprint density at radius 2 is 1.72 bits per heavy atom. The van der Waals surface area contributed by atoms with E-state index in [4.69, 9.17) is 11.6 Å². The van der Waals surface area contributed by atoms with Gasteiger partial charge in [0.05, 0.1) is 23.4 Å². The second kappa shape index (κ2) is 14.2. The summed E-state index contributed by atoms with van der Waals surface area (Å²) in [7, 11) is 0. The van der Waals surface area contributed by atoms with Crippen LogP contribution in [-0.4, -0.2) is 49.9 Å². The van der Waals surface area contributed by atoms with Crippen LogP contribution in [0.4, 0.5) is 20.6 Å². The molecule has 3 aromatic rings. The van der Waals surface area contributed by atoms with Crippen LogP contribution in [0.1, 0.15) is 69.6 Å². The summed E-state index contributed by atoms with van der Waals surface area (Å²) in [5.74, 6) is -0.821. The number of halogens is 2. The second-order valence-corrected chi connectivity index (χ2v) is 15.6. The number of anilines is 2. The van der Waals surface area contributed by atoms with Gasteiger partial charge in [0.1, 0.15) is 22.1 Å². The lowest BCUT2D eigenvalue weighted by atomic mass is 9.79. The number of carbonyl (C=O) groups excluding carboxylic acids is 2. The molecule has 4 atom stereocenters. The molecule has 1 saturated heterocycles. The van der Waals surface area contributed by atoms with Crippen molar-refractivity contribution in [2.75, 3.05) is 17.2 Å². The van der Waals surface area contributed by atoms with Crippen molar-refractivity contribution < 1.29 is 23.6 Å². The number of aliphatic hydroxyl groups is 1. The third kappa shape index (κ3) is 8.26. The van der Waals surface area contributed by atoms with E-state index in [-0.39, 0.29) is 18.7 Å². The number of nitrogens with zero attached hydrogens (tertiary/aromatic N) is 2. The fraction of sp³-hybridized carbons (Fsp3) is 0.400. The van der Waals surface area contributed by atoms with Crippen LogP contribution in [0.2, 0.25) is 5.02 Å². The Hall–Kier alpha value is -3.66. The molecule has 2 aliphatic rings. The standard InChI is InChI=1S/C35H39ClFN5O4S/c1-34(2,3)47(46)41-35(17-16-22-4-5-22,24-8-6-23(20-38)7-9-24)25-10-15-29(37)30(18-25)40-32(44)31-19-28(43)21-42(31)33(45)39-27-13-11-26(36)12-14-27/h6-15,18,22,28,31,41,43H,4-5,16-17,19,21H2,1-3H3,(H,39,45)(H,40,44)/t28-,31-,35?,47?/m1/s1. The summed E-state index contributed by atoms with van der Waals surface area (Å²) >= 11 is 4.39. The minimum atomic E-state index is -1.55. The van der Waals surface area contributed by atoms with E-state index in [9.17, 15) is 24.5 Å². The van der Waals surface area contributed by atoms with Crippen LogP contribution in [0.25, 0.3) is 0 Å². The first-order chi connectivity index (χ1) is 22.3. The van der Waals surface area contributed by atoms with E-state index in [0.717, 1.165) is 24.8 Å². The number of nitriles is 1. The van der Waals surface area contributed by atoms with Crippen LogP contribution in [0.5, 0.6) is 0 Å². The number of hydrogen-bond acceptors (Lipinski definition) is 6. The molecule has 0 spiro atoms. The predicted octanol–water partition coefficient (Wildman–Crippen LogP) is 6.44. The lowest BCUT2D eigenvalue weighted by Crippen LogP contribution is -2.52. The Morgan fingerprint density at radius 1 is 1.06 bits per heavy atom. The van der Waals surface area contributed by atoms with E-state index in [1.807, 2.05) is 32.9 Å². The third-order valence-corrected chi connectivity index (χ3v) is 10.5. The van der Waals surface area contributed by atoms with Gasteiger partial charge in [0.25, 0.3) is 0 Å². The molecule has 47 heavy (non-hydrogen) atoms. The molecule has 1 aliphatic carbocycles. The fourth-order valence-corrected chi connectivity index (χ4v) is 6.80. The molecule has 1 heterocycles. The maximum Gasteiger partial charge on any atom is 0.322 e. The largest absolute Gasteiger partial charge is 0.598 e. The SMILES string of the molecule is CC(C)(C)[S+]([O-])NC(CCC1CC1)(c1ccc(C#N)cc1)c1ccc(F)c(NC(=O)[C@H]2C[C@@H](O)CN2C(=O)Nc2ccc(Cl)cc2)c1. The first-order valence-electron chi connectivity index (χ1n) is 15.6. The number of amides is 3. The first kappa shape index (κ1) is 34.7. The van der Waals surface area contributed by atoms with Gasteiger partial charge in [0, 0.05) is 35.0 Å². The highest BCUT2D eigenvalue weighted by Gasteiger charge is 2.44. The summed E-state index contributed by atoms with van der Waals surface area (Å²) in [6, 6.07) is 18.4. The quantitative estimate of drug-likeness (QED) is 0.182. The number of β-amino-alcohol motifs (C(OH)–C–C–N with tert-alkyl or cyclic N) is 1. The average Bonchev–Trinajstić information content (AvgIpc) is 3.79. The van der Waals surface area contributed by atoms with E-state index >= 15 is 4.39 Å². The van der Waals surface area contributed by atoms with E-state index in [0.29, 0.717) is 34.2 Å². The molecule has 9 nitrogen and oxygen atoms in total. The molecule has 1 saturated carbocycles. The summed E-state index contributed by atoms with van der Waals surface area (Å²) in [5.41, 5.74) is 1.11. The number of carbonyl (C=O) groups is 2. The van der Waals surface area contributed by atoms with Gasteiger partial charge < -0.3 is 25.2 Å². The molecule has 0 aromatic heterocycles. The van der Waals surface area contributed by atoms with Gasteiger partial charge in [0.15, 0.2) is 0 Å². The van der Waals surface area contributed by atoms with Crippen LogP contribution in [0, 0.1) is 23.1 Å². The molecule has 2 unspecified atom stereocenters. The van der Waals surface area contributed by atoms with Crippen LogP contribution in [0.3, 0.4) is 0 Å². The summed E-state index contributed by atoms with van der Waals surface area (Å²) in [6.07, 6.45) is 2.60. The fourth-order valence-electron chi connectivity index (χ4n) is 5.71. The summed E-state index contributed by atoms with van der Waals surface area (Å²) in [5, 5.41) is 25.7. The van der Waals surface area contributed by atoms with E-state index < -0.39 is 51.5 Å². The van der Waals surface area contributed by atoms with Crippen LogP contribution >= 0.6 is 11.6 Å². The van der Waals surface area contributed by atoms with Crippen molar-refractivity contribution in [1.82, 2.24) is 9.62 Å². The molecule has 2 fully saturated rings. The predicted molar refractivity (Wildman–Crippen MR) is 182 cm³/mol. The van der Waals surface area contributed by atoms with Crippen LogP contribution in [0.15, 0.2) is 66.7 Å². The minimum Gasteiger partial charge on any atom is -0.598 e. The second-order valence-electron chi connectivity index (χ2n) is 13.2. The van der Waals surface area contributed by atoms with E-state index in [2.05, 4.69) is 21.4 Å². The van der Waals surface area contributed by atoms with Crippen molar-refractivity contribution in [2.24, 2.45) is 5.92 Å². The number of aliphatic hydroxyl groups excluding tert-OH is 1. The Balaban J connectivity index is 1.47. The zero-order valence-electron chi connectivity index (χ0n) is 26.6. The van der Waals surface area contributed by atoms with Crippen molar-refractivity contribution in [3.63, 3.8) is 0 Å². The molecular weight excluding hydrogens is 641 g/mol. The van der Waals surface area contributed by atoms with Crippen molar-refractivity contribution in [2.45, 2.75) is 75.3 Å². The molecular formula is C35H39ClFN5O4S. The summed E-state index contributed by atoms with van der Waals surface area (Å²) in [4.78, 5) is 28.0. The van der Waals surface area contributed by atoms with Crippen molar-refractivity contribution in [1.29, 1.82) is 5.26 Å². The molecule has 3 amide bonds. The zero-order valence-corrected chi connectivity index (χ0v) is 28.1. The molecule has 4 N–H and O–H groups in total. The van der Waals surface area contributed by atoms with Gasteiger partial charge in [-0.2, -0.15) is 5.26 Å². The van der Waals surface area contributed by atoms with Gasteiger partial charge in [-0.05, 0) is 99.2 Å². The molecule has 5 rings (SSSR count). The lowest BCUT2D eigenvalue weighted by molar-refractivity contribution is -0.119. The monoisotopic (exact) mass is 679 g/mol. The van der Waals surface area contributed by atoms with Gasteiger partial charge in [-0.3, -0.25) is 4.79 Å². The molecule has 3 aromatic carbocycles. The highest BCUT2D eigenvalue weighted by atomic mass is 35.5. The van der Waals surface area contributed by atoms with Crippen molar-refractivity contribution >= 4 is 46.3 Å². The lowest BCUT2D eigenvalue weighted by Gasteiger charge is -2.39. The Labute approximate surface area is 282 Å². The van der Waals surface area contributed by atoms with Gasteiger partial charge in [-0.15, -0.1) is 4.72 Å². The number of rotatable bonds is 10. The van der Waals surface area contributed by atoms with Gasteiger partial charge in [-0.1, -0.05) is 42.6 Å². The third-order valence-electron chi connectivity index (χ3n) is 8.61. The molecule has 0 bridgehead atoms. The molecule has 248 valence electrons. The Kier molecular flexibility index (Phi) is 10.5. The Bertz CT molecular complexity index is 1640. The molecule has 12 heteroatoms. The molecule has 1 aliphatic heterocycles. The van der Waals surface area contributed by atoms with E-state index in [1.165, 1.54) is 17.0 Å². The normalized spacial score (nSPS) is 19.8. The number of urea groups is 1. The number of hydrogen-bond donors (Lipinski definition) is 4. The minimum absolute atomic E-state index is 0.0239. The smallest absolute Gasteiger partial charge is 0.322 e. The molecule has 0 radical (unpaired) electrons. The van der Waals surface area contributed by atoms with Crippen LogP contribution < -0.4 is 15.4 Å². The number of benzene rings is 3. The van der Waals surface area contributed by atoms with Gasteiger partial charge in [0.2, 0.25) is 5.91 Å². The first-order valence-corrected chi connectivity index (χ1v) is 17.1. The topological polar surface area (TPSA) is 141 Å². The van der Waals surface area contributed by atoms with Crippen molar-refractivity contribution in [3.8, 4) is 6.07 Å². The highest BCUT2D eigenvalue weighted by molar-refractivity contribution is 7.90. The summed E-state index contributed by atoms with van der Waals surface area (Å²) in [6.45, 7) is 5.51. The maximum atomic E-state index is 15.5. The van der Waals surface area contributed by atoms with E-state index in [1.54, 1.807) is 42.5 Å². The number of likely N-dealkylation sites (tertiary alicyclic amines) is 1. The highest BCUT2D eigenvalue weighted by Crippen LogP contribution is 2.43. The van der Waals surface area contributed by atoms with Crippen LogP contribution in [-0.2, 0) is 21.7 Å². The van der Waals surface area contributed by atoms with Gasteiger partial charge >= 0.3 is 6.03 Å². The zero-order chi connectivity index (χ0) is 33.9. The summed E-state index contributed by atoms with van der Waals surface area (Å²) < 4.78 is 31.9. The van der Waals surface area contributed by atoms with Crippen molar-refractivity contribution in [3.05, 3.63) is 94.3 Å². The number of nitrogens with one attached hydrogen (secondary N) is 3. The maximum absolute atomic E-state index is 15.5. The van der Waals surface area contributed by atoms with Gasteiger partial charge in [-0.25, -0.2) is 9.18 Å². The average molecular weight is 680 g/mol. The Morgan fingerprint density at radius 3 is 2.34 bits per heavy atom.